The average Bonchev–Trinajstić information content (AvgIpc) is 2.52. The van der Waals surface area contributed by atoms with E-state index in [9.17, 15) is 4.79 Å². The van der Waals surface area contributed by atoms with E-state index in [0.29, 0.717) is 9.93 Å². The number of aromatic nitrogens is 3. The molecule has 0 N–H and O–H groups in total. The quantitative estimate of drug-likeness (QED) is 0.471. The topological polar surface area (TPSA) is 43.1 Å². The van der Waals surface area contributed by atoms with E-state index >= 15 is 0 Å². The molecule has 1 rings (SSSR count). The highest BCUT2D eigenvalue weighted by Crippen LogP contribution is 2.15. The third kappa shape index (κ3) is 2.53. The van der Waals surface area contributed by atoms with Crippen LogP contribution in [-0.4, -0.2) is 45.1 Å². The SMILES string of the molecule is C=CCSc1nn(C(=O)N(C)C)c(=S)n1C. The van der Waals surface area contributed by atoms with Gasteiger partial charge in [-0.05, 0) is 12.2 Å². The molecule has 7 heteroatoms. The van der Waals surface area contributed by atoms with Gasteiger partial charge in [-0.3, -0.25) is 4.57 Å². The summed E-state index contributed by atoms with van der Waals surface area (Å²) in [6.07, 6.45) is 1.78. The molecule has 5 nitrogen and oxygen atoms in total. The number of amides is 1. The van der Waals surface area contributed by atoms with Crippen molar-refractivity contribution in [2.75, 3.05) is 19.8 Å². The van der Waals surface area contributed by atoms with Crippen LogP contribution in [0.15, 0.2) is 17.8 Å². The molecule has 0 aliphatic heterocycles. The Balaban J connectivity index is 3.09. The van der Waals surface area contributed by atoms with Crippen LogP contribution in [0.3, 0.4) is 0 Å². The van der Waals surface area contributed by atoms with Gasteiger partial charge in [0, 0.05) is 26.9 Å². The number of rotatable bonds is 3. The van der Waals surface area contributed by atoms with Crippen LogP contribution in [0, 0.1) is 4.77 Å². The first-order chi connectivity index (χ1) is 7.49. The summed E-state index contributed by atoms with van der Waals surface area (Å²) in [5.74, 6) is 0.732. The maximum Gasteiger partial charge on any atom is 0.346 e. The summed E-state index contributed by atoms with van der Waals surface area (Å²) in [4.78, 5) is 13.2. The fourth-order valence-corrected chi connectivity index (χ4v) is 1.94. The number of hydrogen-bond acceptors (Lipinski definition) is 4. The molecule has 1 aromatic rings. The molecule has 1 heterocycles. The largest absolute Gasteiger partial charge is 0.346 e. The molecule has 88 valence electrons. The van der Waals surface area contributed by atoms with E-state index in [1.807, 2.05) is 0 Å². The number of carbonyl (C=O) groups excluding carboxylic acids is 1. The molecule has 0 saturated carbocycles. The second-order valence-electron chi connectivity index (χ2n) is 3.31. The molecule has 1 amide bonds. The van der Waals surface area contributed by atoms with E-state index in [-0.39, 0.29) is 6.03 Å². The zero-order chi connectivity index (χ0) is 12.3. The predicted molar refractivity (Wildman–Crippen MR) is 67.4 cm³/mol. The molecule has 16 heavy (non-hydrogen) atoms. The van der Waals surface area contributed by atoms with Crippen molar-refractivity contribution in [3.05, 3.63) is 17.4 Å². The minimum absolute atomic E-state index is 0.244. The van der Waals surface area contributed by atoms with Gasteiger partial charge in [0.2, 0.25) is 4.77 Å². The summed E-state index contributed by atoms with van der Waals surface area (Å²) in [5.41, 5.74) is 0. The van der Waals surface area contributed by atoms with Gasteiger partial charge in [0.1, 0.15) is 0 Å². The number of carbonyl (C=O) groups is 1. The van der Waals surface area contributed by atoms with Crippen LogP contribution in [0.1, 0.15) is 0 Å². The van der Waals surface area contributed by atoms with E-state index < -0.39 is 0 Å². The Kier molecular flexibility index (Phi) is 4.31. The average molecular weight is 258 g/mol. The second-order valence-corrected chi connectivity index (χ2v) is 4.66. The van der Waals surface area contributed by atoms with Crippen molar-refractivity contribution >= 4 is 30.0 Å². The summed E-state index contributed by atoms with van der Waals surface area (Å²) in [6.45, 7) is 3.63. The summed E-state index contributed by atoms with van der Waals surface area (Å²) < 4.78 is 3.33. The standard InChI is InChI=1S/C9H14N4OS2/c1-5-6-16-7-10-13(8(14)11(2)3)9(15)12(7)4/h5H,1,6H2,2-4H3. The van der Waals surface area contributed by atoms with Crippen LogP contribution in [0.4, 0.5) is 4.79 Å². The zero-order valence-electron chi connectivity index (χ0n) is 9.51. The van der Waals surface area contributed by atoms with Gasteiger partial charge in [-0.25, -0.2) is 4.79 Å². The van der Waals surface area contributed by atoms with E-state index in [4.69, 9.17) is 12.2 Å². The maximum absolute atomic E-state index is 11.7. The number of thioether (sulfide) groups is 1. The molecule has 0 fully saturated rings. The molecule has 0 aliphatic carbocycles. The minimum atomic E-state index is -0.244. The highest BCUT2D eigenvalue weighted by molar-refractivity contribution is 7.99. The smallest absolute Gasteiger partial charge is 0.329 e. The second kappa shape index (κ2) is 5.31. The van der Waals surface area contributed by atoms with Crippen molar-refractivity contribution in [3.8, 4) is 0 Å². The van der Waals surface area contributed by atoms with Gasteiger partial charge in [-0.1, -0.05) is 17.8 Å². The lowest BCUT2D eigenvalue weighted by molar-refractivity contribution is 0.215. The van der Waals surface area contributed by atoms with Crippen molar-refractivity contribution in [1.29, 1.82) is 0 Å². The highest BCUT2D eigenvalue weighted by atomic mass is 32.2. The Bertz CT molecular complexity index is 461. The fraction of sp³-hybridized carbons (Fsp3) is 0.444. The fourth-order valence-electron chi connectivity index (χ4n) is 0.992. The third-order valence-electron chi connectivity index (χ3n) is 1.83. The van der Waals surface area contributed by atoms with Crippen LogP contribution in [0.25, 0.3) is 0 Å². The number of hydrogen-bond donors (Lipinski definition) is 0. The normalized spacial score (nSPS) is 10.2. The molecule has 0 atom stereocenters. The summed E-state index contributed by atoms with van der Waals surface area (Å²) in [5, 5.41) is 4.88. The van der Waals surface area contributed by atoms with Gasteiger partial charge >= 0.3 is 6.03 Å². The van der Waals surface area contributed by atoms with Crippen molar-refractivity contribution in [3.63, 3.8) is 0 Å². The molecule has 0 radical (unpaired) electrons. The molecule has 0 saturated heterocycles. The Morgan fingerprint density at radius 2 is 2.31 bits per heavy atom. The zero-order valence-corrected chi connectivity index (χ0v) is 11.1. The first-order valence-electron chi connectivity index (χ1n) is 4.60. The molecule has 0 bridgehead atoms. The molecule has 1 aromatic heterocycles. The first kappa shape index (κ1) is 13.0. The molecular weight excluding hydrogens is 244 g/mol. The van der Waals surface area contributed by atoms with Gasteiger partial charge in [0.05, 0.1) is 0 Å². The van der Waals surface area contributed by atoms with Crippen molar-refractivity contribution < 1.29 is 4.79 Å². The van der Waals surface area contributed by atoms with Gasteiger partial charge in [-0.15, -0.1) is 11.7 Å². The van der Waals surface area contributed by atoms with E-state index in [1.165, 1.54) is 21.3 Å². The van der Waals surface area contributed by atoms with Crippen LogP contribution in [-0.2, 0) is 7.05 Å². The first-order valence-corrected chi connectivity index (χ1v) is 5.99. The van der Waals surface area contributed by atoms with Crippen molar-refractivity contribution in [2.45, 2.75) is 5.16 Å². The van der Waals surface area contributed by atoms with Gasteiger partial charge in [-0.2, -0.15) is 4.68 Å². The van der Waals surface area contributed by atoms with E-state index in [2.05, 4.69) is 11.7 Å². The lowest BCUT2D eigenvalue weighted by Gasteiger charge is -2.08. The van der Waals surface area contributed by atoms with Gasteiger partial charge in [0.15, 0.2) is 5.16 Å². The van der Waals surface area contributed by atoms with E-state index in [1.54, 1.807) is 31.8 Å². The summed E-state index contributed by atoms with van der Waals surface area (Å²) in [7, 11) is 5.12. The maximum atomic E-state index is 11.7. The predicted octanol–water partition coefficient (Wildman–Crippen LogP) is 1.76. The van der Waals surface area contributed by atoms with Crippen LogP contribution in [0.2, 0.25) is 0 Å². The Hall–Kier alpha value is -1.08. The monoisotopic (exact) mass is 258 g/mol. The van der Waals surface area contributed by atoms with Gasteiger partial charge < -0.3 is 4.90 Å². The Labute approximate surface area is 104 Å². The third-order valence-corrected chi connectivity index (χ3v) is 3.30. The lowest BCUT2D eigenvalue weighted by Crippen LogP contribution is -2.28. The summed E-state index contributed by atoms with van der Waals surface area (Å²) in [6, 6.07) is -0.244. The van der Waals surface area contributed by atoms with Gasteiger partial charge in [0.25, 0.3) is 0 Å². The van der Waals surface area contributed by atoms with Crippen molar-refractivity contribution in [2.24, 2.45) is 7.05 Å². The van der Waals surface area contributed by atoms with Crippen LogP contribution in [0.5, 0.6) is 0 Å². The molecule has 0 unspecified atom stereocenters. The van der Waals surface area contributed by atoms with Crippen LogP contribution >= 0.6 is 24.0 Å². The molecule has 0 spiro atoms. The van der Waals surface area contributed by atoms with Crippen LogP contribution < -0.4 is 0 Å². The minimum Gasteiger partial charge on any atom is -0.329 e. The van der Waals surface area contributed by atoms with Crippen molar-refractivity contribution in [1.82, 2.24) is 19.2 Å². The van der Waals surface area contributed by atoms with E-state index in [0.717, 1.165) is 5.75 Å². The lowest BCUT2D eigenvalue weighted by atomic mass is 10.8. The summed E-state index contributed by atoms with van der Waals surface area (Å²) >= 11 is 6.62. The number of nitrogens with zero attached hydrogens (tertiary/aromatic N) is 4. The Morgan fingerprint density at radius 1 is 1.69 bits per heavy atom. The molecule has 0 aliphatic rings. The molecular formula is C9H14N4OS2. The highest BCUT2D eigenvalue weighted by Gasteiger charge is 2.14. The molecule has 0 aromatic carbocycles. The Morgan fingerprint density at radius 3 is 2.81 bits per heavy atom.